The van der Waals surface area contributed by atoms with Gasteiger partial charge < -0.3 is 24.8 Å². The van der Waals surface area contributed by atoms with Gasteiger partial charge in [0.15, 0.2) is 11.9 Å². The first kappa shape index (κ1) is 37.0. The van der Waals surface area contributed by atoms with Crippen LogP contribution < -0.4 is 15.5 Å². The fraction of sp³-hybridized carbons (Fsp3) is 0.366. The van der Waals surface area contributed by atoms with Crippen molar-refractivity contribution in [3.63, 3.8) is 0 Å². The minimum absolute atomic E-state index is 0.00254. The molecule has 3 aromatic carbocycles. The van der Waals surface area contributed by atoms with Gasteiger partial charge >= 0.3 is 0 Å². The number of ether oxygens (including phenoxy) is 1. The molecule has 0 spiro atoms. The topological polar surface area (TPSA) is 160 Å². The smallest absolute Gasteiger partial charge is 0.258 e. The summed E-state index contributed by atoms with van der Waals surface area (Å²) in [7, 11) is 3.53. The number of carbonyl (C=O) groups excluding carboxylic acids is 5. The first-order valence-electron chi connectivity index (χ1n) is 18.8. The van der Waals surface area contributed by atoms with Crippen molar-refractivity contribution in [3.8, 4) is 0 Å². The van der Waals surface area contributed by atoms with Crippen LogP contribution in [0.2, 0.25) is 0 Å². The fourth-order valence-corrected chi connectivity index (χ4v) is 8.37. The van der Waals surface area contributed by atoms with Gasteiger partial charge in [0.05, 0.1) is 24.3 Å². The molecule has 0 bridgehead atoms. The molecule has 290 valence electrons. The van der Waals surface area contributed by atoms with Crippen LogP contribution in [0.5, 0.6) is 0 Å². The highest BCUT2D eigenvalue weighted by Crippen LogP contribution is 2.33. The molecule has 2 saturated heterocycles. The van der Waals surface area contributed by atoms with Crippen LogP contribution in [0.25, 0.3) is 0 Å². The molecule has 4 aliphatic heterocycles. The zero-order chi connectivity index (χ0) is 39.1. The molecule has 0 radical (unpaired) electrons. The highest BCUT2D eigenvalue weighted by atomic mass is 19.1. The zero-order valence-corrected chi connectivity index (χ0v) is 31.2. The Kier molecular flexibility index (Phi) is 10.1. The molecule has 5 amide bonds. The number of amides is 5. The molecule has 2 fully saturated rings. The Morgan fingerprint density at radius 1 is 1.00 bits per heavy atom. The molecular weight excluding hydrogens is 719 g/mol. The molecule has 56 heavy (non-hydrogen) atoms. The van der Waals surface area contributed by atoms with Crippen LogP contribution in [-0.2, 0) is 45.3 Å². The molecule has 1 aromatic heterocycles. The summed E-state index contributed by atoms with van der Waals surface area (Å²) in [4.78, 5) is 71.3. The van der Waals surface area contributed by atoms with Crippen molar-refractivity contribution in [1.29, 1.82) is 0 Å². The average Bonchev–Trinajstić information content (AvgIpc) is 3.89. The van der Waals surface area contributed by atoms with E-state index in [4.69, 9.17) is 4.74 Å². The maximum Gasteiger partial charge on any atom is 0.258 e. The van der Waals surface area contributed by atoms with Crippen LogP contribution in [0.1, 0.15) is 80.5 Å². The molecule has 14 nitrogen and oxygen atoms in total. The van der Waals surface area contributed by atoms with Crippen LogP contribution in [0, 0.1) is 5.82 Å². The largest absolute Gasteiger partial charge is 0.371 e. The molecule has 5 heterocycles. The number of rotatable bonds is 10. The van der Waals surface area contributed by atoms with Gasteiger partial charge in [-0.15, -0.1) is 0 Å². The van der Waals surface area contributed by atoms with E-state index in [1.165, 1.54) is 18.1 Å². The maximum absolute atomic E-state index is 15.3. The third-order valence-electron chi connectivity index (χ3n) is 11.4. The average molecular weight is 763 g/mol. The Morgan fingerprint density at radius 3 is 2.46 bits per heavy atom. The van der Waals surface area contributed by atoms with E-state index in [1.54, 1.807) is 17.0 Å². The lowest BCUT2D eigenvalue weighted by molar-refractivity contribution is -0.143. The Morgan fingerprint density at radius 2 is 1.75 bits per heavy atom. The molecule has 1 unspecified atom stereocenters. The molecule has 4 aromatic rings. The number of hydrogen-bond donors (Lipinski definition) is 3. The van der Waals surface area contributed by atoms with Crippen LogP contribution in [-0.4, -0.2) is 93.8 Å². The number of methoxy groups -OCH3 is 1. The molecular formula is C41H43FN8O6. The fourth-order valence-electron chi connectivity index (χ4n) is 8.37. The van der Waals surface area contributed by atoms with Crippen molar-refractivity contribution >= 4 is 41.0 Å². The van der Waals surface area contributed by atoms with Gasteiger partial charge in [0.25, 0.3) is 17.7 Å². The standard InChI is InChI=1S/C41H43FN8O6/c1-47(20-24-18-27-21-50(40(54)35(27)31(42)19-24)33-12-13-34(51)43-39(33)53)28-14-16-48(17-15-28)29-10-8-26(9-11-29)38(52)44-37-30-22-49(23-32(30)45-46-37)41(55)36(56-2)25-6-4-3-5-7-25/h3-11,18-19,28,33,36H,12-17,20-23H2,1-2H3,(H,43,51,53)(H2,44,45,46,52)/t33?,36-/m1/s1. The van der Waals surface area contributed by atoms with Crippen molar-refractivity contribution in [3.05, 3.63) is 112 Å². The summed E-state index contributed by atoms with van der Waals surface area (Å²) in [6.45, 7) is 2.87. The monoisotopic (exact) mass is 762 g/mol. The third-order valence-corrected chi connectivity index (χ3v) is 11.4. The Hall–Kier alpha value is -5.93. The number of halogens is 1. The number of anilines is 2. The second kappa shape index (κ2) is 15.3. The predicted molar refractivity (Wildman–Crippen MR) is 203 cm³/mol. The number of fused-ring (bicyclic) bond motifs is 2. The zero-order valence-electron chi connectivity index (χ0n) is 31.2. The van der Waals surface area contributed by atoms with Gasteiger partial charge in [-0.2, -0.15) is 5.10 Å². The highest BCUT2D eigenvalue weighted by Gasteiger charge is 2.41. The summed E-state index contributed by atoms with van der Waals surface area (Å²) >= 11 is 0. The van der Waals surface area contributed by atoms with Gasteiger partial charge in [0.2, 0.25) is 11.8 Å². The molecule has 0 aliphatic carbocycles. The summed E-state index contributed by atoms with van der Waals surface area (Å²) in [5, 5.41) is 12.5. The minimum atomic E-state index is -0.791. The number of carbonyl (C=O) groups is 5. The van der Waals surface area contributed by atoms with E-state index in [2.05, 4.69) is 30.6 Å². The number of aromatic amines is 1. The van der Waals surface area contributed by atoms with Gasteiger partial charge in [-0.3, -0.25) is 39.3 Å². The van der Waals surface area contributed by atoms with Crippen LogP contribution >= 0.6 is 0 Å². The van der Waals surface area contributed by atoms with E-state index in [-0.39, 0.29) is 48.7 Å². The molecule has 2 atom stereocenters. The lowest BCUT2D eigenvalue weighted by Crippen LogP contribution is -2.52. The Bertz CT molecular complexity index is 2190. The van der Waals surface area contributed by atoms with E-state index < -0.39 is 29.8 Å². The van der Waals surface area contributed by atoms with Gasteiger partial charge in [-0.1, -0.05) is 36.4 Å². The van der Waals surface area contributed by atoms with Crippen LogP contribution in [0.15, 0.2) is 66.7 Å². The number of H-pyrrole nitrogens is 1. The number of piperidine rings is 2. The summed E-state index contributed by atoms with van der Waals surface area (Å²) in [5.74, 6) is -2.06. The summed E-state index contributed by atoms with van der Waals surface area (Å²) < 4.78 is 20.9. The number of nitrogens with one attached hydrogen (secondary N) is 3. The van der Waals surface area contributed by atoms with E-state index in [0.29, 0.717) is 36.6 Å². The lowest BCUT2D eigenvalue weighted by atomic mass is 10.0. The quantitative estimate of drug-likeness (QED) is 0.204. The van der Waals surface area contributed by atoms with Crippen molar-refractivity contribution in [2.45, 2.75) is 70.0 Å². The summed E-state index contributed by atoms with van der Waals surface area (Å²) in [6.07, 6.45) is 1.41. The predicted octanol–water partition coefficient (Wildman–Crippen LogP) is 3.89. The second-order valence-electron chi connectivity index (χ2n) is 14.9. The van der Waals surface area contributed by atoms with Gasteiger partial charge in [-0.25, -0.2) is 4.39 Å². The third kappa shape index (κ3) is 7.15. The molecule has 3 N–H and O–H groups in total. The number of nitrogens with zero attached hydrogens (tertiary/aromatic N) is 5. The van der Waals surface area contributed by atoms with Crippen molar-refractivity contribution < 1.29 is 33.1 Å². The van der Waals surface area contributed by atoms with E-state index in [9.17, 15) is 24.0 Å². The lowest BCUT2D eigenvalue weighted by Gasteiger charge is -2.38. The Balaban J connectivity index is 0.830. The van der Waals surface area contributed by atoms with Gasteiger partial charge in [-0.05, 0) is 73.3 Å². The normalized spacial score (nSPS) is 19.0. The maximum atomic E-state index is 15.3. The van der Waals surface area contributed by atoms with Crippen LogP contribution in [0.4, 0.5) is 15.9 Å². The van der Waals surface area contributed by atoms with Crippen molar-refractivity contribution in [2.75, 3.05) is 37.5 Å². The van der Waals surface area contributed by atoms with Gasteiger partial charge in [0, 0.05) is 62.6 Å². The summed E-state index contributed by atoms with van der Waals surface area (Å²) in [5.41, 5.74) is 5.13. The molecule has 4 aliphatic rings. The Labute approximate surface area is 323 Å². The second-order valence-corrected chi connectivity index (χ2v) is 14.9. The SMILES string of the molecule is CO[C@@H](C(=O)N1Cc2[nH]nc(NC(=O)c3ccc(N4CCC(N(C)Cc5cc(F)c6c(c5)CN(C5CCC(=O)NC5=O)C6=O)CC4)cc3)c2C1)c1ccccc1. The van der Waals surface area contributed by atoms with Crippen LogP contribution in [0.3, 0.4) is 0 Å². The summed E-state index contributed by atoms with van der Waals surface area (Å²) in [6, 6.07) is 19.5. The number of benzene rings is 3. The minimum Gasteiger partial charge on any atom is -0.371 e. The number of aromatic nitrogens is 2. The van der Waals surface area contributed by atoms with Gasteiger partial charge in [0.1, 0.15) is 11.9 Å². The van der Waals surface area contributed by atoms with E-state index >= 15 is 4.39 Å². The molecule has 15 heteroatoms. The van der Waals surface area contributed by atoms with E-state index in [1.807, 2.05) is 55.6 Å². The number of hydrogen-bond acceptors (Lipinski definition) is 9. The van der Waals surface area contributed by atoms with E-state index in [0.717, 1.165) is 54.0 Å². The first-order chi connectivity index (χ1) is 27.1. The highest BCUT2D eigenvalue weighted by molar-refractivity contribution is 6.06. The molecule has 0 saturated carbocycles. The molecule has 8 rings (SSSR count). The van der Waals surface area contributed by atoms with Crippen molar-refractivity contribution in [1.82, 2.24) is 30.2 Å². The number of imide groups is 1. The first-order valence-corrected chi connectivity index (χ1v) is 18.8. The van der Waals surface area contributed by atoms with Crippen molar-refractivity contribution in [2.24, 2.45) is 0 Å².